The first-order valence-corrected chi connectivity index (χ1v) is 14.0. The van der Waals surface area contributed by atoms with Crippen molar-refractivity contribution in [2.45, 2.75) is 24.9 Å². The maximum Gasteiger partial charge on any atom is 0.328 e. The molecule has 12 nitrogen and oxygen atoms in total. The molecule has 0 unspecified atom stereocenters. The van der Waals surface area contributed by atoms with Gasteiger partial charge in [-0.2, -0.15) is 0 Å². The number of rotatable bonds is 6. The van der Waals surface area contributed by atoms with Crippen molar-refractivity contribution < 1.29 is 19.1 Å². The highest BCUT2D eigenvalue weighted by molar-refractivity contribution is 5.93. The maximum atomic E-state index is 12.2. The van der Waals surface area contributed by atoms with E-state index < -0.39 is 0 Å². The molecule has 2 atom stereocenters. The lowest BCUT2D eigenvalue weighted by molar-refractivity contribution is 0.244. The van der Waals surface area contributed by atoms with Gasteiger partial charge in [0.25, 0.3) is 0 Å². The summed E-state index contributed by atoms with van der Waals surface area (Å²) in [4.78, 5) is 41.7. The van der Waals surface area contributed by atoms with Crippen molar-refractivity contribution in [1.29, 1.82) is 0 Å². The number of methoxy groups -OCH3 is 2. The molecule has 0 saturated heterocycles. The molecule has 8 rings (SSSR count). The average molecular weight is 589 g/mol. The van der Waals surface area contributed by atoms with Gasteiger partial charge in [0.15, 0.2) is 0 Å². The van der Waals surface area contributed by atoms with Crippen molar-refractivity contribution in [2.75, 3.05) is 14.2 Å². The van der Waals surface area contributed by atoms with Crippen LogP contribution in [-0.2, 0) is 12.8 Å². The Balaban J connectivity index is 0.000000142. The number of hydrogen-bond donors (Lipinski definition) is 2. The lowest BCUT2D eigenvalue weighted by atomic mass is 10.1. The van der Waals surface area contributed by atoms with Crippen LogP contribution in [0.4, 0.5) is 9.59 Å². The summed E-state index contributed by atoms with van der Waals surface area (Å²) in [6.45, 7) is 0. The molecule has 12 heteroatoms. The molecule has 6 aromatic rings. The van der Waals surface area contributed by atoms with Gasteiger partial charge in [0.1, 0.15) is 28.7 Å². The number of ether oxygens (including phenoxy) is 2. The third-order valence-corrected chi connectivity index (χ3v) is 7.79. The minimum absolute atomic E-state index is 0.131. The highest BCUT2D eigenvalue weighted by atomic mass is 16.5. The van der Waals surface area contributed by atoms with E-state index in [0.29, 0.717) is 12.8 Å². The van der Waals surface area contributed by atoms with E-state index in [9.17, 15) is 9.59 Å². The van der Waals surface area contributed by atoms with Crippen LogP contribution in [0.15, 0.2) is 85.5 Å². The van der Waals surface area contributed by atoms with Crippen molar-refractivity contribution >= 4 is 34.1 Å². The van der Waals surface area contributed by atoms with E-state index in [1.807, 2.05) is 54.6 Å². The number of pyridine rings is 2. The molecule has 220 valence electrons. The molecule has 0 spiro atoms. The monoisotopic (exact) mass is 588 g/mol. The van der Waals surface area contributed by atoms with Gasteiger partial charge >= 0.3 is 12.1 Å². The third-order valence-electron chi connectivity index (χ3n) is 7.79. The number of nitrogens with zero attached hydrogens (tertiary/aromatic N) is 6. The van der Waals surface area contributed by atoms with Crippen molar-refractivity contribution in [3.05, 3.63) is 108 Å². The van der Waals surface area contributed by atoms with E-state index in [4.69, 9.17) is 9.47 Å². The van der Waals surface area contributed by atoms with E-state index in [1.165, 1.54) is 0 Å². The van der Waals surface area contributed by atoms with Gasteiger partial charge in [-0.1, -0.05) is 24.3 Å². The summed E-state index contributed by atoms with van der Waals surface area (Å²) < 4.78 is 13.6. The van der Waals surface area contributed by atoms with Crippen LogP contribution >= 0.6 is 0 Å². The maximum absolute atomic E-state index is 12.2. The minimum Gasteiger partial charge on any atom is -0.497 e. The Labute approximate surface area is 251 Å². The third kappa shape index (κ3) is 4.85. The van der Waals surface area contributed by atoms with Crippen LogP contribution in [0.2, 0.25) is 0 Å². The molecular formula is C32H28N8O4. The van der Waals surface area contributed by atoms with Crippen LogP contribution in [0, 0.1) is 0 Å². The summed E-state index contributed by atoms with van der Waals surface area (Å²) in [5, 5.41) is 5.95. The first-order valence-electron chi connectivity index (χ1n) is 14.0. The minimum atomic E-state index is -0.149. The molecule has 2 amide bonds. The van der Waals surface area contributed by atoms with Crippen molar-refractivity contribution in [3.63, 3.8) is 0 Å². The number of aromatic nitrogens is 6. The van der Waals surface area contributed by atoms with Gasteiger partial charge in [-0.25, -0.2) is 28.7 Å². The number of fused-ring (bicyclic) bond motifs is 6. The molecule has 2 aliphatic heterocycles. The zero-order valence-electron chi connectivity index (χ0n) is 24.0. The van der Waals surface area contributed by atoms with Crippen LogP contribution in [0.3, 0.4) is 0 Å². The summed E-state index contributed by atoms with van der Waals surface area (Å²) in [6.07, 6.45) is 8.07. The highest BCUT2D eigenvalue weighted by Gasteiger charge is 2.33. The predicted octanol–water partition coefficient (Wildman–Crippen LogP) is 4.59. The summed E-state index contributed by atoms with van der Waals surface area (Å²) in [7, 11) is 3.28. The van der Waals surface area contributed by atoms with Gasteiger partial charge in [-0.3, -0.25) is 9.97 Å². The molecule has 0 bridgehead atoms. The Hall–Kier alpha value is -5.78. The first kappa shape index (κ1) is 27.1. The molecule has 0 aliphatic carbocycles. The van der Waals surface area contributed by atoms with Crippen LogP contribution in [0.1, 0.15) is 34.9 Å². The largest absolute Gasteiger partial charge is 0.497 e. The lowest BCUT2D eigenvalue weighted by Crippen LogP contribution is -2.22. The average Bonchev–Trinajstić information content (AvgIpc) is 3.79. The Morgan fingerprint density at radius 1 is 0.636 bits per heavy atom. The van der Waals surface area contributed by atoms with Gasteiger partial charge in [0.2, 0.25) is 0 Å². The number of amides is 2. The summed E-state index contributed by atoms with van der Waals surface area (Å²) in [5.41, 5.74) is 5.30. The van der Waals surface area contributed by atoms with Gasteiger partial charge in [0.05, 0.1) is 55.2 Å². The fraction of sp³-hybridized carbons (Fsp3) is 0.188. The smallest absolute Gasteiger partial charge is 0.328 e. The molecule has 0 radical (unpaired) electrons. The van der Waals surface area contributed by atoms with Crippen molar-refractivity contribution in [2.24, 2.45) is 0 Å². The predicted molar refractivity (Wildman–Crippen MR) is 162 cm³/mol. The quantitative estimate of drug-likeness (QED) is 0.288. The Kier molecular flexibility index (Phi) is 6.85. The van der Waals surface area contributed by atoms with Crippen molar-refractivity contribution in [3.8, 4) is 11.5 Å². The van der Waals surface area contributed by atoms with Gasteiger partial charge in [0, 0.05) is 12.4 Å². The fourth-order valence-corrected chi connectivity index (χ4v) is 5.62. The molecule has 2 aromatic carbocycles. The lowest BCUT2D eigenvalue weighted by Gasteiger charge is -2.09. The molecule has 44 heavy (non-hydrogen) atoms. The van der Waals surface area contributed by atoms with Crippen molar-refractivity contribution in [1.82, 2.24) is 39.7 Å². The topological polar surface area (TPSA) is 138 Å². The van der Waals surface area contributed by atoms with E-state index >= 15 is 0 Å². The second-order valence-corrected chi connectivity index (χ2v) is 10.4. The zero-order chi connectivity index (χ0) is 30.2. The van der Waals surface area contributed by atoms with Crippen LogP contribution in [0.5, 0.6) is 11.5 Å². The van der Waals surface area contributed by atoms with E-state index in [1.54, 1.807) is 54.2 Å². The highest BCUT2D eigenvalue weighted by Crippen LogP contribution is 2.29. The summed E-state index contributed by atoms with van der Waals surface area (Å²) in [6, 6.07) is 18.7. The second-order valence-electron chi connectivity index (χ2n) is 10.4. The number of benzene rings is 2. The number of imidazole rings is 2. The molecule has 2 N–H and O–H groups in total. The Bertz CT molecular complexity index is 1850. The number of hydrogen-bond acceptors (Lipinski definition) is 8. The molecule has 4 aromatic heterocycles. The summed E-state index contributed by atoms with van der Waals surface area (Å²) >= 11 is 0. The van der Waals surface area contributed by atoms with Crippen LogP contribution in [0.25, 0.3) is 22.1 Å². The number of nitrogens with one attached hydrogen (secondary N) is 2. The molecular weight excluding hydrogens is 560 g/mol. The van der Waals surface area contributed by atoms with Gasteiger partial charge in [-0.15, -0.1) is 0 Å². The molecule has 0 saturated carbocycles. The second kappa shape index (κ2) is 11.1. The molecule has 0 fully saturated rings. The Morgan fingerprint density at radius 2 is 1.14 bits per heavy atom. The number of carbonyl (C=O) groups is 2. The normalized spacial score (nSPS) is 16.6. The van der Waals surface area contributed by atoms with Gasteiger partial charge in [-0.05, 0) is 60.4 Å². The fourth-order valence-electron chi connectivity index (χ4n) is 5.62. The van der Waals surface area contributed by atoms with Crippen LogP contribution in [-0.4, -0.2) is 55.4 Å². The number of carbonyl (C=O) groups excluding carboxylic acids is 2. The van der Waals surface area contributed by atoms with E-state index in [2.05, 4.69) is 30.6 Å². The first-order chi connectivity index (χ1) is 21.5. The van der Waals surface area contributed by atoms with Gasteiger partial charge < -0.3 is 20.1 Å². The Morgan fingerprint density at radius 3 is 1.70 bits per heavy atom. The van der Waals surface area contributed by atoms with E-state index in [0.717, 1.165) is 56.3 Å². The standard InChI is InChI=1S/2C16H14N4O2/c1-22-11-4-2-10(3-5-11)8-12-15-18-13-9-17-7-6-14(13)20(15)16(21)19-12;1-22-11-4-2-10(3-5-11)8-13-15-18-12-6-7-17-9-14(12)20(15)16(21)19-13/h2-7,9,12H,8H2,1H3,(H,19,21);2-7,9,13H,8H2,1H3,(H,19,21)/t12-;13-/m11/s1. The zero-order valence-corrected chi connectivity index (χ0v) is 24.0. The van der Waals surface area contributed by atoms with E-state index in [-0.39, 0.29) is 24.1 Å². The summed E-state index contributed by atoms with van der Waals surface area (Å²) in [5.74, 6) is 3.11. The molecule has 6 heterocycles. The SMILES string of the molecule is COc1ccc(C[C@H]2NC(=O)n3c2nc2ccncc23)cc1.COc1ccc(C[C@H]2NC(=O)n3c2nc2cnccc23)cc1. The molecule has 2 aliphatic rings. The van der Waals surface area contributed by atoms with Crippen LogP contribution < -0.4 is 20.1 Å².